The molecule has 2 atom stereocenters. The largest absolute Gasteiger partial charge is 0.302 e. The van der Waals surface area contributed by atoms with Gasteiger partial charge in [0.2, 0.25) is 0 Å². The fourth-order valence-corrected chi connectivity index (χ4v) is 6.07. The number of carbonyl (C=O) groups excluding carboxylic acids is 2. The van der Waals surface area contributed by atoms with Gasteiger partial charge in [0.1, 0.15) is 6.29 Å². The van der Waals surface area contributed by atoms with Crippen molar-refractivity contribution in [3.8, 4) is 11.1 Å². The first-order valence-corrected chi connectivity index (χ1v) is 14.3. The Morgan fingerprint density at radius 3 is 2.75 bits per heavy atom. The maximum atomic E-state index is 12.9. The van der Waals surface area contributed by atoms with Crippen LogP contribution in [0.3, 0.4) is 0 Å². The van der Waals surface area contributed by atoms with E-state index in [9.17, 15) is 13.8 Å². The van der Waals surface area contributed by atoms with Crippen molar-refractivity contribution in [3.63, 3.8) is 0 Å². The van der Waals surface area contributed by atoms with Crippen LogP contribution in [-0.4, -0.2) is 39.4 Å². The minimum Gasteiger partial charge on any atom is -0.302 e. The molecule has 3 aromatic rings. The van der Waals surface area contributed by atoms with Crippen LogP contribution in [0.4, 0.5) is 5.13 Å². The molecule has 1 heterocycles. The summed E-state index contributed by atoms with van der Waals surface area (Å²) in [5, 5.41) is 2.38. The zero-order chi connectivity index (χ0) is 22.8. The van der Waals surface area contributed by atoms with Crippen LogP contribution in [0.15, 0.2) is 65.0 Å². The van der Waals surface area contributed by atoms with Crippen LogP contribution in [-0.2, 0) is 14.8 Å². The second-order valence-electron chi connectivity index (χ2n) is 6.45. The number of nitrogens with one attached hydrogen (secondary N) is 3. The minimum absolute atomic E-state index is 0.349. The molecule has 11 heteroatoms. The van der Waals surface area contributed by atoms with Gasteiger partial charge in [-0.15, -0.1) is 11.3 Å². The van der Waals surface area contributed by atoms with Crippen molar-refractivity contribution in [1.82, 2.24) is 15.8 Å². The third-order valence-electron chi connectivity index (χ3n) is 4.26. The number of benzene rings is 2. The Morgan fingerprint density at radius 1 is 1.25 bits per heavy atom. The van der Waals surface area contributed by atoms with E-state index in [0.29, 0.717) is 22.7 Å². The number of nitrogens with zero attached hydrogens (tertiary/aromatic N) is 1. The van der Waals surface area contributed by atoms with E-state index in [1.54, 1.807) is 35.5 Å². The quantitative estimate of drug-likeness (QED) is 0.193. The Morgan fingerprint density at radius 2 is 2.06 bits per heavy atom. The number of thioether (sulfide) groups is 1. The summed E-state index contributed by atoms with van der Waals surface area (Å²) in [4.78, 5) is 29.0. The van der Waals surface area contributed by atoms with Crippen molar-refractivity contribution in [3.05, 3.63) is 65.7 Å². The van der Waals surface area contributed by atoms with Crippen LogP contribution in [0.5, 0.6) is 0 Å². The van der Waals surface area contributed by atoms with E-state index >= 15 is 0 Å². The van der Waals surface area contributed by atoms with E-state index in [1.165, 1.54) is 11.3 Å². The van der Waals surface area contributed by atoms with E-state index in [-0.39, 0.29) is 5.91 Å². The van der Waals surface area contributed by atoms with Gasteiger partial charge in [0.05, 0.1) is 6.04 Å². The van der Waals surface area contributed by atoms with Crippen LogP contribution in [0, 0.1) is 0 Å². The van der Waals surface area contributed by atoms with Crippen LogP contribution in [0.2, 0.25) is 0 Å². The van der Waals surface area contributed by atoms with Crippen molar-refractivity contribution in [2.24, 2.45) is 0 Å². The molecular weight excluding hydrogens is 485 g/mol. The topological polar surface area (TPSA) is 100 Å². The first-order chi connectivity index (χ1) is 15.6. The minimum atomic E-state index is -1.44. The van der Waals surface area contributed by atoms with Crippen molar-refractivity contribution in [1.29, 1.82) is 0 Å². The third-order valence-corrected chi connectivity index (χ3v) is 7.96. The fourth-order valence-electron chi connectivity index (χ4n) is 2.73. The number of hydrogen-bond acceptors (Lipinski definition) is 8. The van der Waals surface area contributed by atoms with Crippen molar-refractivity contribution < 1.29 is 13.8 Å². The standard InChI is InChI=1S/C21H22N4O3S4/c1-29-11-9-16(14-26)23-24-20(27)18-8-7-17(13-19(18)15-5-3-2-4-6-15)31-32(28)25-21-22-10-12-30-21/h2-8,10,12-14,16,23H,9,11H2,1H3,(H,22,25)(H,24,27)/t16-,32?/m1/s1. The molecule has 1 amide bonds. The van der Waals surface area contributed by atoms with Crippen molar-refractivity contribution in [2.75, 3.05) is 16.7 Å². The lowest BCUT2D eigenvalue weighted by Crippen LogP contribution is -2.45. The van der Waals surface area contributed by atoms with E-state index < -0.39 is 16.1 Å². The molecule has 0 fully saturated rings. The van der Waals surface area contributed by atoms with Gasteiger partial charge in [-0.3, -0.25) is 14.9 Å². The van der Waals surface area contributed by atoms with Crippen LogP contribution < -0.4 is 15.6 Å². The predicted molar refractivity (Wildman–Crippen MR) is 135 cm³/mol. The first-order valence-electron chi connectivity index (χ1n) is 9.56. The summed E-state index contributed by atoms with van der Waals surface area (Å²) in [5.74, 6) is 0.457. The van der Waals surface area contributed by atoms with Gasteiger partial charge in [0.25, 0.3) is 5.91 Å². The number of carbonyl (C=O) groups is 2. The molecular formula is C21H22N4O3S4. The fraction of sp³-hybridized carbons (Fsp3) is 0.190. The van der Waals surface area contributed by atoms with Gasteiger partial charge < -0.3 is 4.79 Å². The third kappa shape index (κ3) is 7.17. The summed E-state index contributed by atoms with van der Waals surface area (Å²) >= 11 is 3.00. The van der Waals surface area contributed by atoms with Gasteiger partial charge in [-0.1, -0.05) is 30.3 Å². The number of aromatic nitrogens is 1. The lowest BCUT2D eigenvalue weighted by Gasteiger charge is -2.16. The number of hydrazine groups is 1. The lowest BCUT2D eigenvalue weighted by atomic mass is 9.99. The zero-order valence-electron chi connectivity index (χ0n) is 17.1. The van der Waals surface area contributed by atoms with E-state index in [1.807, 2.05) is 42.7 Å². The molecule has 1 aromatic heterocycles. The van der Waals surface area contributed by atoms with Crippen LogP contribution >= 0.6 is 33.9 Å². The molecule has 0 aliphatic carbocycles. The highest BCUT2D eigenvalue weighted by Gasteiger charge is 2.16. The van der Waals surface area contributed by atoms with E-state index in [4.69, 9.17) is 0 Å². The number of amides is 1. The summed E-state index contributed by atoms with van der Waals surface area (Å²) in [6, 6.07) is 14.3. The van der Waals surface area contributed by atoms with Gasteiger partial charge in [-0.2, -0.15) is 11.8 Å². The zero-order valence-corrected chi connectivity index (χ0v) is 20.4. The number of anilines is 1. The Balaban J connectivity index is 1.78. The number of hydrogen-bond donors (Lipinski definition) is 3. The average molecular weight is 507 g/mol. The highest BCUT2D eigenvalue weighted by molar-refractivity contribution is 8.69. The summed E-state index contributed by atoms with van der Waals surface area (Å²) in [6.07, 6.45) is 5.01. The molecule has 0 bridgehead atoms. The molecule has 3 N–H and O–H groups in total. The Bertz CT molecular complexity index is 1050. The van der Waals surface area contributed by atoms with Crippen molar-refractivity contribution in [2.45, 2.75) is 17.4 Å². The monoisotopic (exact) mass is 506 g/mol. The smallest absolute Gasteiger partial charge is 0.266 e. The highest BCUT2D eigenvalue weighted by atomic mass is 33.1. The number of thiazole rings is 1. The number of rotatable bonds is 12. The molecule has 7 nitrogen and oxygen atoms in total. The van der Waals surface area contributed by atoms with Gasteiger partial charge in [0, 0.05) is 22.0 Å². The SMILES string of the molecule is CSCC[C@H](C=O)NNC(=O)c1ccc(SS(=O)Nc2nccs2)cc1-c1ccccc1. The maximum absolute atomic E-state index is 12.9. The number of aldehydes is 1. The maximum Gasteiger partial charge on any atom is 0.266 e. The van der Waals surface area contributed by atoms with E-state index in [0.717, 1.165) is 33.3 Å². The molecule has 0 aliphatic heterocycles. The lowest BCUT2D eigenvalue weighted by molar-refractivity contribution is -0.109. The summed E-state index contributed by atoms with van der Waals surface area (Å²) < 4.78 is 15.3. The summed E-state index contributed by atoms with van der Waals surface area (Å²) in [5.41, 5.74) is 7.45. The van der Waals surface area contributed by atoms with Crippen molar-refractivity contribution >= 4 is 61.2 Å². The second-order valence-corrected chi connectivity index (χ2v) is 11.1. The van der Waals surface area contributed by atoms with Gasteiger partial charge in [0.15, 0.2) is 15.1 Å². The molecule has 168 valence electrons. The molecule has 2 aromatic carbocycles. The Hall–Kier alpha value is -2.18. The normalized spacial score (nSPS) is 12.7. The van der Waals surface area contributed by atoms with Crippen LogP contribution in [0.25, 0.3) is 11.1 Å². The predicted octanol–water partition coefficient (Wildman–Crippen LogP) is 4.15. The average Bonchev–Trinajstić information content (AvgIpc) is 3.32. The molecule has 0 saturated carbocycles. The molecule has 0 radical (unpaired) electrons. The van der Waals surface area contributed by atoms with Crippen LogP contribution in [0.1, 0.15) is 16.8 Å². The van der Waals surface area contributed by atoms with Gasteiger partial charge in [-0.25, -0.2) is 14.6 Å². The van der Waals surface area contributed by atoms with Gasteiger partial charge >= 0.3 is 0 Å². The first kappa shape index (κ1) is 24.5. The second kappa shape index (κ2) is 12.8. The summed E-state index contributed by atoms with van der Waals surface area (Å²) in [6.45, 7) is 0. The molecule has 0 saturated heterocycles. The Kier molecular flexibility index (Phi) is 9.75. The van der Waals surface area contributed by atoms with E-state index in [2.05, 4.69) is 20.6 Å². The molecule has 0 aliphatic rings. The highest BCUT2D eigenvalue weighted by Crippen LogP contribution is 2.31. The Labute approximate surface area is 201 Å². The molecule has 0 spiro atoms. The summed E-state index contributed by atoms with van der Waals surface area (Å²) in [7, 11) is -0.302. The molecule has 3 rings (SSSR count). The molecule has 32 heavy (non-hydrogen) atoms. The van der Waals surface area contributed by atoms with Gasteiger partial charge in [-0.05, 0) is 58.5 Å². The molecule has 1 unspecified atom stereocenters.